The van der Waals surface area contributed by atoms with E-state index >= 15 is 0 Å². The van der Waals surface area contributed by atoms with Gasteiger partial charge in [0, 0.05) is 39.3 Å². The maximum Gasteiger partial charge on any atom is 0.191 e. The number of nitrogens with one attached hydrogen (secondary N) is 2. The number of benzene rings is 1. The molecule has 29 heavy (non-hydrogen) atoms. The second-order valence-corrected chi connectivity index (χ2v) is 7.99. The number of hydrogen-bond acceptors (Lipinski definition) is 5. The zero-order chi connectivity index (χ0) is 20.4. The molecule has 1 heterocycles. The Labute approximate surface area is 192 Å². The van der Waals surface area contributed by atoms with Gasteiger partial charge in [0.15, 0.2) is 5.96 Å². The van der Waals surface area contributed by atoms with Crippen molar-refractivity contribution in [3.63, 3.8) is 0 Å². The topological polar surface area (TPSA) is 72.4 Å². The molecule has 2 rings (SSSR count). The van der Waals surface area contributed by atoms with Crippen LogP contribution in [0.5, 0.6) is 0 Å². The molecule has 0 saturated carbocycles. The van der Waals surface area contributed by atoms with Crippen LogP contribution < -0.4 is 10.6 Å². The van der Waals surface area contributed by atoms with E-state index in [9.17, 15) is 5.11 Å². The van der Waals surface area contributed by atoms with Crippen LogP contribution in [0, 0.1) is 0 Å². The van der Waals surface area contributed by atoms with Crippen molar-refractivity contribution < 1.29 is 9.84 Å². The summed E-state index contributed by atoms with van der Waals surface area (Å²) < 4.78 is 5.37. The van der Waals surface area contributed by atoms with E-state index in [0.29, 0.717) is 19.6 Å². The Bertz CT molecular complexity index is 602. The molecule has 0 bridgehead atoms. The van der Waals surface area contributed by atoms with Crippen molar-refractivity contribution in [3.8, 4) is 0 Å². The Morgan fingerprint density at radius 1 is 1.17 bits per heavy atom. The van der Waals surface area contributed by atoms with Gasteiger partial charge in [-0.05, 0) is 39.1 Å². The predicted octanol–water partition coefficient (Wildman–Crippen LogP) is 1.50. The lowest BCUT2D eigenvalue weighted by molar-refractivity contribution is -0.0201. The van der Waals surface area contributed by atoms with Crippen molar-refractivity contribution in [3.05, 3.63) is 35.4 Å². The number of halogens is 1. The first-order valence-corrected chi connectivity index (χ1v) is 10.1. The van der Waals surface area contributed by atoms with Crippen LogP contribution >= 0.6 is 24.0 Å². The summed E-state index contributed by atoms with van der Waals surface area (Å²) in [5.74, 6) is 0.724. The Morgan fingerprint density at radius 3 is 2.38 bits per heavy atom. The van der Waals surface area contributed by atoms with E-state index in [2.05, 4.69) is 63.8 Å². The van der Waals surface area contributed by atoms with Crippen molar-refractivity contribution in [2.45, 2.75) is 32.5 Å². The largest absolute Gasteiger partial charge is 0.387 e. The van der Waals surface area contributed by atoms with Gasteiger partial charge in [0.1, 0.15) is 0 Å². The summed E-state index contributed by atoms with van der Waals surface area (Å²) in [5.41, 5.74) is 1.63. The van der Waals surface area contributed by atoms with Gasteiger partial charge in [-0.2, -0.15) is 0 Å². The maximum atomic E-state index is 10.7. The van der Waals surface area contributed by atoms with E-state index in [1.807, 2.05) is 13.8 Å². The van der Waals surface area contributed by atoms with Gasteiger partial charge in [-0.1, -0.05) is 24.3 Å². The van der Waals surface area contributed by atoms with E-state index < -0.39 is 5.60 Å². The highest BCUT2D eigenvalue weighted by molar-refractivity contribution is 14.0. The number of rotatable bonds is 9. The third-order valence-corrected chi connectivity index (χ3v) is 4.59. The molecule has 1 atom stereocenters. The minimum Gasteiger partial charge on any atom is -0.387 e. The molecule has 166 valence electrons. The number of β-amino-alcohol motifs (C(OH)–C–C–N with tert-alkyl or cyclic N) is 1. The molecule has 3 N–H and O–H groups in total. The molecule has 1 fully saturated rings. The highest BCUT2D eigenvalue weighted by Crippen LogP contribution is 2.09. The fourth-order valence-electron chi connectivity index (χ4n) is 3.20. The van der Waals surface area contributed by atoms with Gasteiger partial charge < -0.3 is 25.4 Å². The van der Waals surface area contributed by atoms with Crippen LogP contribution in [0.2, 0.25) is 0 Å². The molecule has 8 heteroatoms. The highest BCUT2D eigenvalue weighted by Gasteiger charge is 2.25. The zero-order valence-corrected chi connectivity index (χ0v) is 20.6. The number of morpholine rings is 1. The van der Waals surface area contributed by atoms with Gasteiger partial charge in [0.25, 0.3) is 0 Å². The zero-order valence-electron chi connectivity index (χ0n) is 18.3. The monoisotopic (exact) mass is 519 g/mol. The van der Waals surface area contributed by atoms with E-state index in [4.69, 9.17) is 4.74 Å². The first-order chi connectivity index (χ1) is 13.4. The first kappa shape index (κ1) is 26.1. The lowest BCUT2D eigenvalue weighted by Gasteiger charge is -2.34. The molecule has 1 aliphatic heterocycles. The van der Waals surface area contributed by atoms with Crippen LogP contribution in [0.25, 0.3) is 0 Å². The Hall–Kier alpha value is -0.940. The van der Waals surface area contributed by atoms with Crippen molar-refractivity contribution in [2.24, 2.45) is 4.99 Å². The normalized spacial score (nSPS) is 17.5. The summed E-state index contributed by atoms with van der Waals surface area (Å²) in [5, 5.41) is 17.3. The molecular weight excluding hydrogens is 481 g/mol. The van der Waals surface area contributed by atoms with E-state index in [1.165, 1.54) is 11.1 Å². The van der Waals surface area contributed by atoms with Crippen LogP contribution in [0.3, 0.4) is 0 Å². The van der Waals surface area contributed by atoms with Gasteiger partial charge in [-0.3, -0.25) is 4.90 Å². The smallest absolute Gasteiger partial charge is 0.191 e. The summed E-state index contributed by atoms with van der Waals surface area (Å²) in [7, 11) is 4.14. The van der Waals surface area contributed by atoms with E-state index in [1.54, 1.807) is 0 Å². The molecule has 1 aliphatic rings. The molecule has 1 aromatic rings. The number of aliphatic imine (C=N–C) groups is 1. The molecule has 0 amide bonds. The standard InChI is InChI=1S/C21H37N5O2.HI/c1-5-22-20(23-14-18-6-8-19(9-7-18)15-25(3)4)24-16-21(2,27)17-26-10-12-28-13-11-26;/h6-9,27H,5,10-17H2,1-4H3,(H2,22,23,24);1H. The van der Waals surface area contributed by atoms with Crippen molar-refractivity contribution in [1.82, 2.24) is 20.4 Å². The number of aliphatic hydroxyl groups is 1. The molecular formula is C21H38IN5O2. The van der Waals surface area contributed by atoms with Gasteiger partial charge >= 0.3 is 0 Å². The Balaban J connectivity index is 0.00000420. The first-order valence-electron chi connectivity index (χ1n) is 10.1. The van der Waals surface area contributed by atoms with Crippen molar-refractivity contribution in [1.29, 1.82) is 0 Å². The van der Waals surface area contributed by atoms with E-state index in [0.717, 1.165) is 45.4 Å². The van der Waals surface area contributed by atoms with Crippen molar-refractivity contribution in [2.75, 3.05) is 60.0 Å². The van der Waals surface area contributed by atoms with Gasteiger partial charge in [-0.15, -0.1) is 24.0 Å². The van der Waals surface area contributed by atoms with Crippen LogP contribution in [0.15, 0.2) is 29.3 Å². The number of nitrogens with zero attached hydrogens (tertiary/aromatic N) is 3. The second kappa shape index (κ2) is 13.4. The second-order valence-electron chi connectivity index (χ2n) is 7.99. The van der Waals surface area contributed by atoms with E-state index in [-0.39, 0.29) is 24.0 Å². The lowest BCUT2D eigenvalue weighted by Crippen LogP contribution is -2.52. The molecule has 0 aliphatic carbocycles. The van der Waals surface area contributed by atoms with Crippen LogP contribution in [-0.2, 0) is 17.8 Å². The molecule has 1 aromatic carbocycles. The minimum atomic E-state index is -0.832. The third-order valence-electron chi connectivity index (χ3n) is 4.59. The average Bonchev–Trinajstić information content (AvgIpc) is 2.65. The number of guanidine groups is 1. The molecule has 7 nitrogen and oxygen atoms in total. The van der Waals surface area contributed by atoms with Crippen LogP contribution in [0.1, 0.15) is 25.0 Å². The highest BCUT2D eigenvalue weighted by atomic mass is 127. The molecule has 0 spiro atoms. The molecule has 1 saturated heterocycles. The number of ether oxygens (including phenoxy) is 1. The fourth-order valence-corrected chi connectivity index (χ4v) is 3.20. The Morgan fingerprint density at radius 2 is 1.79 bits per heavy atom. The quantitative estimate of drug-likeness (QED) is 0.261. The Kier molecular flexibility index (Phi) is 12.0. The van der Waals surface area contributed by atoms with Gasteiger partial charge in [0.05, 0.1) is 25.4 Å². The molecule has 0 radical (unpaired) electrons. The third kappa shape index (κ3) is 10.6. The van der Waals surface area contributed by atoms with Crippen LogP contribution in [0.4, 0.5) is 0 Å². The van der Waals surface area contributed by atoms with Gasteiger partial charge in [-0.25, -0.2) is 4.99 Å². The van der Waals surface area contributed by atoms with Crippen molar-refractivity contribution >= 4 is 29.9 Å². The lowest BCUT2D eigenvalue weighted by atomic mass is 10.1. The fraction of sp³-hybridized carbons (Fsp3) is 0.667. The maximum absolute atomic E-state index is 10.7. The summed E-state index contributed by atoms with van der Waals surface area (Å²) in [6.07, 6.45) is 0. The number of hydrogen-bond donors (Lipinski definition) is 3. The molecule has 0 aromatic heterocycles. The SMILES string of the molecule is CCNC(=NCc1ccc(CN(C)C)cc1)NCC(C)(O)CN1CCOCC1.I. The average molecular weight is 519 g/mol. The van der Waals surface area contributed by atoms with Gasteiger partial charge in [0.2, 0.25) is 0 Å². The summed E-state index contributed by atoms with van der Waals surface area (Å²) >= 11 is 0. The molecule has 1 unspecified atom stereocenters. The predicted molar refractivity (Wildman–Crippen MR) is 130 cm³/mol. The summed E-state index contributed by atoms with van der Waals surface area (Å²) in [6, 6.07) is 8.55. The summed E-state index contributed by atoms with van der Waals surface area (Å²) in [4.78, 5) is 9.06. The summed E-state index contributed by atoms with van der Waals surface area (Å²) in [6.45, 7) is 10.5. The minimum absolute atomic E-state index is 0. The van der Waals surface area contributed by atoms with Crippen LogP contribution in [-0.4, -0.2) is 86.5 Å².